The Labute approximate surface area is 158 Å². The van der Waals surface area contributed by atoms with E-state index in [1.807, 2.05) is 43.4 Å². The van der Waals surface area contributed by atoms with Crippen molar-refractivity contribution in [2.24, 2.45) is 0 Å². The first-order chi connectivity index (χ1) is 10.9. The molecule has 7 atom stereocenters. The lowest BCUT2D eigenvalue weighted by Crippen LogP contribution is -2.49. The molecular formula is C15H31B2O6PS. The standard InChI is InChI=1S/C15H31B2O6PS/c1-10-11(2,7-14(5,16)21-10)23-24(19,25)20-9-13(4)12(3,18)8-15(6,17)22-13/h10,18H,7-9,16-17H2,1-6H3,(H,19,25). The Balaban J connectivity index is 2.06. The second-order valence-corrected chi connectivity index (χ2v) is 12.2. The van der Waals surface area contributed by atoms with Gasteiger partial charge in [0, 0.05) is 11.0 Å². The van der Waals surface area contributed by atoms with Crippen molar-refractivity contribution in [2.45, 2.75) is 88.3 Å². The minimum absolute atomic E-state index is 0.0844. The molecule has 25 heavy (non-hydrogen) atoms. The van der Waals surface area contributed by atoms with Gasteiger partial charge in [0.05, 0.1) is 18.3 Å². The monoisotopic (exact) mass is 392 g/mol. The van der Waals surface area contributed by atoms with Crippen LogP contribution in [-0.2, 0) is 23.1 Å². The first-order valence-corrected chi connectivity index (χ1v) is 11.4. The van der Waals surface area contributed by atoms with Crippen LogP contribution in [0.1, 0.15) is 54.4 Å². The summed E-state index contributed by atoms with van der Waals surface area (Å²) in [5, 5.41) is 10.7. The van der Waals surface area contributed by atoms with Gasteiger partial charge in [-0.15, -0.1) is 0 Å². The molecule has 0 radical (unpaired) electrons. The van der Waals surface area contributed by atoms with Gasteiger partial charge in [-0.1, -0.05) is 12.2 Å². The van der Waals surface area contributed by atoms with E-state index in [1.165, 1.54) is 0 Å². The fourth-order valence-electron chi connectivity index (χ4n) is 4.19. The fraction of sp³-hybridized carbons (Fsp3) is 1.00. The van der Waals surface area contributed by atoms with Crippen molar-refractivity contribution in [1.29, 1.82) is 0 Å². The predicted molar refractivity (Wildman–Crippen MR) is 106 cm³/mol. The summed E-state index contributed by atoms with van der Waals surface area (Å²) in [5.41, 5.74) is -3.74. The fourth-order valence-corrected chi connectivity index (χ4v) is 6.13. The third-order valence-corrected chi connectivity index (χ3v) is 7.06. The molecule has 7 unspecified atom stereocenters. The first kappa shape index (κ1) is 21.8. The first-order valence-electron chi connectivity index (χ1n) is 8.70. The minimum Gasteiger partial charge on any atom is -0.387 e. The van der Waals surface area contributed by atoms with Crippen LogP contribution in [0.4, 0.5) is 0 Å². The van der Waals surface area contributed by atoms with E-state index in [4.69, 9.17) is 18.5 Å². The van der Waals surface area contributed by atoms with E-state index in [1.54, 1.807) is 13.8 Å². The zero-order valence-electron chi connectivity index (χ0n) is 16.6. The van der Waals surface area contributed by atoms with Gasteiger partial charge in [-0.05, 0) is 54.4 Å². The summed E-state index contributed by atoms with van der Waals surface area (Å²) in [7, 11) is 3.87. The van der Waals surface area contributed by atoms with Gasteiger partial charge in [0.15, 0.2) is 0 Å². The largest absolute Gasteiger partial charge is 0.387 e. The number of thiol groups is 1. The van der Waals surface area contributed by atoms with Crippen LogP contribution in [0.3, 0.4) is 0 Å². The van der Waals surface area contributed by atoms with E-state index in [-0.39, 0.29) is 18.2 Å². The summed E-state index contributed by atoms with van der Waals surface area (Å²) < 4.78 is 36.0. The molecule has 2 aliphatic rings. The maximum Gasteiger partial charge on any atom is 0.386 e. The number of rotatable bonds is 5. The molecule has 0 bridgehead atoms. The second kappa shape index (κ2) is 6.26. The average molecular weight is 392 g/mol. The van der Waals surface area contributed by atoms with Crippen molar-refractivity contribution < 1.29 is 28.2 Å². The summed E-state index contributed by atoms with van der Waals surface area (Å²) in [4.78, 5) is 0. The summed E-state index contributed by atoms with van der Waals surface area (Å²) >= 11 is 4.14. The minimum atomic E-state index is -3.67. The summed E-state index contributed by atoms with van der Waals surface area (Å²) in [6.07, 6.45) is 0.786. The summed E-state index contributed by atoms with van der Waals surface area (Å²) in [5.74, 6) is 0. The number of aliphatic hydroxyl groups is 1. The van der Waals surface area contributed by atoms with Crippen LogP contribution in [0.15, 0.2) is 0 Å². The molecule has 2 rings (SSSR count). The van der Waals surface area contributed by atoms with Crippen molar-refractivity contribution in [3.63, 3.8) is 0 Å². The molecule has 0 aromatic carbocycles. The molecule has 2 fully saturated rings. The third-order valence-electron chi connectivity index (χ3n) is 5.37. The van der Waals surface area contributed by atoms with Crippen LogP contribution in [0.2, 0.25) is 0 Å². The van der Waals surface area contributed by atoms with E-state index < -0.39 is 29.1 Å². The topological polar surface area (TPSA) is 74.2 Å². The third kappa shape index (κ3) is 4.68. The number of hydrogen-bond acceptors (Lipinski definition) is 6. The zero-order valence-corrected chi connectivity index (χ0v) is 18.4. The van der Waals surface area contributed by atoms with Gasteiger partial charge in [0.2, 0.25) is 0 Å². The predicted octanol–water partition coefficient (Wildman–Crippen LogP) is 1.25. The van der Waals surface area contributed by atoms with E-state index in [2.05, 4.69) is 12.2 Å². The molecule has 0 saturated carbocycles. The molecule has 144 valence electrons. The van der Waals surface area contributed by atoms with Crippen LogP contribution in [0.25, 0.3) is 0 Å². The molecule has 2 aliphatic heterocycles. The van der Waals surface area contributed by atoms with Gasteiger partial charge in [-0.25, -0.2) is 4.57 Å². The number of ether oxygens (including phenoxy) is 2. The smallest absolute Gasteiger partial charge is 0.386 e. The molecule has 2 heterocycles. The van der Waals surface area contributed by atoms with Crippen molar-refractivity contribution in [3.05, 3.63) is 0 Å². The lowest BCUT2D eigenvalue weighted by atomic mass is 9.75. The normalized spacial score (nSPS) is 53.0. The Hall–Kier alpha value is 0.510. The van der Waals surface area contributed by atoms with Crippen LogP contribution in [-0.4, -0.2) is 61.3 Å². The Bertz CT molecular complexity index is 586. The van der Waals surface area contributed by atoms with Gasteiger partial charge in [-0.3, -0.25) is 9.05 Å². The molecule has 0 amide bonds. The maximum atomic E-state index is 12.8. The van der Waals surface area contributed by atoms with E-state index in [0.29, 0.717) is 12.8 Å². The average Bonchev–Trinajstić information content (AvgIpc) is 2.61. The highest BCUT2D eigenvalue weighted by atomic mass is 32.7. The van der Waals surface area contributed by atoms with Crippen LogP contribution >= 0.6 is 19.0 Å². The Morgan fingerprint density at radius 3 is 2.16 bits per heavy atom. The summed E-state index contributed by atoms with van der Waals surface area (Å²) in [6, 6.07) is 0. The maximum absolute atomic E-state index is 12.8. The molecular weight excluding hydrogens is 361 g/mol. The van der Waals surface area contributed by atoms with Gasteiger partial charge in [-0.2, -0.15) is 0 Å². The zero-order chi connectivity index (χ0) is 19.5. The van der Waals surface area contributed by atoms with E-state index in [0.717, 1.165) is 0 Å². The lowest BCUT2D eigenvalue weighted by Gasteiger charge is -2.37. The number of hydrogen-bond donors (Lipinski definition) is 2. The summed E-state index contributed by atoms with van der Waals surface area (Å²) in [6.45, 7) is 7.31. The van der Waals surface area contributed by atoms with Crippen LogP contribution < -0.4 is 0 Å². The highest BCUT2D eigenvalue weighted by Gasteiger charge is 2.57. The quantitative estimate of drug-likeness (QED) is 0.417. The molecule has 0 spiro atoms. The van der Waals surface area contributed by atoms with Gasteiger partial charge >= 0.3 is 6.80 Å². The molecule has 1 N–H and O–H groups in total. The van der Waals surface area contributed by atoms with Crippen LogP contribution in [0.5, 0.6) is 0 Å². The van der Waals surface area contributed by atoms with E-state index in [9.17, 15) is 9.67 Å². The Morgan fingerprint density at radius 1 is 1.20 bits per heavy atom. The molecule has 0 aromatic heterocycles. The van der Waals surface area contributed by atoms with Gasteiger partial charge in [0.25, 0.3) is 0 Å². The Morgan fingerprint density at radius 2 is 1.76 bits per heavy atom. The molecule has 0 aromatic rings. The highest BCUT2D eigenvalue weighted by molar-refractivity contribution is 8.44. The van der Waals surface area contributed by atoms with Crippen molar-refractivity contribution in [2.75, 3.05) is 6.61 Å². The van der Waals surface area contributed by atoms with Gasteiger partial charge < -0.3 is 14.6 Å². The molecule has 2 saturated heterocycles. The van der Waals surface area contributed by atoms with Crippen molar-refractivity contribution >= 4 is 34.7 Å². The molecule has 6 nitrogen and oxygen atoms in total. The lowest BCUT2D eigenvalue weighted by molar-refractivity contribution is -0.138. The molecule has 10 heteroatoms. The molecule has 0 aliphatic carbocycles. The SMILES string of the molecule is BC1(C)CC(C)(OP(=O)(S)OCC2(C)OC(B)(C)CC2(C)O)C(C)O1. The van der Waals surface area contributed by atoms with Crippen molar-refractivity contribution in [1.82, 2.24) is 0 Å². The van der Waals surface area contributed by atoms with E-state index >= 15 is 0 Å². The second-order valence-electron chi connectivity index (χ2n) is 9.39. The van der Waals surface area contributed by atoms with Crippen LogP contribution in [0, 0.1) is 0 Å². The van der Waals surface area contributed by atoms with Gasteiger partial charge in [0.1, 0.15) is 26.9 Å². The highest BCUT2D eigenvalue weighted by Crippen LogP contribution is 2.60. The van der Waals surface area contributed by atoms with Crippen molar-refractivity contribution in [3.8, 4) is 0 Å². The Kier molecular flexibility index (Phi) is 5.46.